The molecule has 0 unspecified atom stereocenters. The van der Waals surface area contributed by atoms with Crippen molar-refractivity contribution in [1.29, 1.82) is 0 Å². The minimum absolute atomic E-state index is 0.562. The lowest BCUT2D eigenvalue weighted by Crippen LogP contribution is -1.98. The molecule has 0 saturated carbocycles. The fourth-order valence-electron chi connectivity index (χ4n) is 1.45. The lowest BCUT2D eigenvalue weighted by atomic mass is 9.97. The van der Waals surface area contributed by atoms with E-state index >= 15 is 0 Å². The molecule has 0 fully saturated rings. The molecule has 1 heterocycles. The van der Waals surface area contributed by atoms with Crippen molar-refractivity contribution in [3.05, 3.63) is 35.9 Å². The largest absolute Gasteiger partial charge is 0.299 e. The summed E-state index contributed by atoms with van der Waals surface area (Å²) in [6, 6.07) is 6.44. The molecule has 0 aliphatic carbocycles. The molecule has 74 valence electrons. The summed E-state index contributed by atoms with van der Waals surface area (Å²) in [4.78, 5) is 0. The number of hydrogen-bond donors (Lipinski definition) is 2. The fourth-order valence-corrected chi connectivity index (χ4v) is 1.45. The van der Waals surface area contributed by atoms with Gasteiger partial charge in [-0.1, -0.05) is 32.1 Å². The molecule has 2 nitrogen and oxygen atoms in total. The number of H-pyrrole nitrogens is 2. The summed E-state index contributed by atoms with van der Waals surface area (Å²) >= 11 is 0. The molecule has 1 aromatic heterocycles. The van der Waals surface area contributed by atoms with Crippen LogP contribution in [0.2, 0.25) is 0 Å². The SMILES string of the molecule is C=C(Cc1ccc2[nH][nH]c2c1)C(C)C. The maximum atomic E-state index is 4.08. The highest BCUT2D eigenvalue weighted by atomic mass is 15.1. The van der Waals surface area contributed by atoms with Crippen LogP contribution < -0.4 is 0 Å². The second-order valence-corrected chi connectivity index (χ2v) is 4.12. The van der Waals surface area contributed by atoms with E-state index in [9.17, 15) is 0 Å². The van der Waals surface area contributed by atoms with Gasteiger partial charge in [0.25, 0.3) is 0 Å². The summed E-state index contributed by atoms with van der Waals surface area (Å²) in [6.07, 6.45) is 0.979. The van der Waals surface area contributed by atoms with Gasteiger partial charge in [0.05, 0.1) is 11.0 Å². The van der Waals surface area contributed by atoms with E-state index in [-0.39, 0.29) is 0 Å². The number of hydrogen-bond acceptors (Lipinski definition) is 0. The van der Waals surface area contributed by atoms with Crippen LogP contribution in [0.25, 0.3) is 11.0 Å². The third-order valence-corrected chi connectivity index (χ3v) is 2.66. The van der Waals surface area contributed by atoms with Crippen molar-refractivity contribution < 1.29 is 0 Å². The Kier molecular flexibility index (Phi) is 2.20. The van der Waals surface area contributed by atoms with Crippen LogP contribution in [-0.4, -0.2) is 10.2 Å². The first-order valence-corrected chi connectivity index (χ1v) is 4.99. The Morgan fingerprint density at radius 2 is 2.00 bits per heavy atom. The minimum Gasteiger partial charge on any atom is -0.299 e. The van der Waals surface area contributed by atoms with Gasteiger partial charge in [-0.15, -0.1) is 0 Å². The first-order chi connectivity index (χ1) is 6.66. The molecule has 0 bridgehead atoms. The van der Waals surface area contributed by atoms with Gasteiger partial charge in [0.2, 0.25) is 0 Å². The second-order valence-electron chi connectivity index (χ2n) is 4.12. The lowest BCUT2D eigenvalue weighted by Gasteiger charge is -2.11. The molecule has 0 saturated heterocycles. The first kappa shape index (κ1) is 9.13. The van der Waals surface area contributed by atoms with Crippen molar-refractivity contribution in [2.45, 2.75) is 20.3 Å². The Morgan fingerprint density at radius 1 is 1.29 bits per heavy atom. The number of benzene rings is 1. The van der Waals surface area contributed by atoms with Crippen LogP contribution in [0.3, 0.4) is 0 Å². The third-order valence-electron chi connectivity index (χ3n) is 2.66. The molecule has 14 heavy (non-hydrogen) atoms. The van der Waals surface area contributed by atoms with Gasteiger partial charge in [-0.25, -0.2) is 0 Å². The summed E-state index contributed by atoms with van der Waals surface area (Å²) in [5.74, 6) is 0.562. The zero-order valence-electron chi connectivity index (χ0n) is 8.72. The molecule has 0 amide bonds. The molecule has 2 rings (SSSR count). The van der Waals surface area contributed by atoms with Crippen LogP contribution >= 0.6 is 0 Å². The molecule has 0 radical (unpaired) electrons. The van der Waals surface area contributed by atoms with Crippen LogP contribution in [0.5, 0.6) is 0 Å². The molecule has 0 aliphatic rings. The van der Waals surface area contributed by atoms with Gasteiger partial charge in [0.1, 0.15) is 0 Å². The molecular formula is C12H16N2. The van der Waals surface area contributed by atoms with E-state index in [0.717, 1.165) is 6.42 Å². The molecular weight excluding hydrogens is 172 g/mol. The molecule has 2 N–H and O–H groups in total. The van der Waals surface area contributed by atoms with Crippen LogP contribution in [0.15, 0.2) is 30.4 Å². The normalized spacial score (nSPS) is 11.4. The first-order valence-electron chi connectivity index (χ1n) is 4.99. The molecule has 0 spiro atoms. The van der Waals surface area contributed by atoms with Crippen LogP contribution in [0, 0.1) is 5.92 Å². The van der Waals surface area contributed by atoms with E-state index in [2.05, 4.69) is 48.8 Å². The highest BCUT2D eigenvalue weighted by Crippen LogP contribution is 2.18. The van der Waals surface area contributed by atoms with Crippen LogP contribution in [-0.2, 0) is 6.42 Å². The maximum absolute atomic E-state index is 4.08. The van der Waals surface area contributed by atoms with E-state index in [4.69, 9.17) is 0 Å². The van der Waals surface area contributed by atoms with Crippen molar-refractivity contribution in [1.82, 2.24) is 10.2 Å². The average molecular weight is 188 g/mol. The molecule has 0 atom stereocenters. The monoisotopic (exact) mass is 188 g/mol. The van der Waals surface area contributed by atoms with Crippen molar-refractivity contribution in [2.24, 2.45) is 5.92 Å². The number of rotatable bonds is 3. The highest BCUT2D eigenvalue weighted by molar-refractivity contribution is 5.76. The number of aromatic nitrogens is 2. The smallest absolute Gasteiger partial charge is 0.0792 e. The van der Waals surface area contributed by atoms with Crippen molar-refractivity contribution >= 4 is 11.0 Å². The standard InChI is InChI=1S/C12H16N2/c1-8(2)9(3)6-10-4-5-11-12(7-10)14-13-11/h4-5,7-8,13-14H,3,6H2,1-2H3. The molecule has 2 heteroatoms. The van der Waals surface area contributed by atoms with Gasteiger partial charge < -0.3 is 0 Å². The van der Waals surface area contributed by atoms with E-state index in [0.29, 0.717) is 5.92 Å². The molecule has 0 aliphatic heterocycles. The Balaban J connectivity index is 2.16. The summed E-state index contributed by atoms with van der Waals surface area (Å²) < 4.78 is 0. The van der Waals surface area contributed by atoms with Crippen LogP contribution in [0.1, 0.15) is 19.4 Å². The Bertz CT molecular complexity index is 446. The van der Waals surface area contributed by atoms with Crippen molar-refractivity contribution in [2.75, 3.05) is 0 Å². The van der Waals surface area contributed by atoms with Gasteiger partial charge in [-0.3, -0.25) is 10.2 Å². The van der Waals surface area contributed by atoms with Crippen molar-refractivity contribution in [3.8, 4) is 0 Å². The Labute approximate surface area is 84.0 Å². The van der Waals surface area contributed by atoms with Gasteiger partial charge in [-0.05, 0) is 30.0 Å². The predicted octanol–water partition coefficient (Wildman–Crippen LogP) is 3.25. The van der Waals surface area contributed by atoms with E-state index in [1.807, 2.05) is 0 Å². The van der Waals surface area contributed by atoms with Crippen LogP contribution in [0.4, 0.5) is 0 Å². The number of nitrogens with one attached hydrogen (secondary N) is 2. The van der Waals surface area contributed by atoms with Gasteiger partial charge in [0.15, 0.2) is 0 Å². The zero-order chi connectivity index (χ0) is 10.1. The molecule has 1 aromatic carbocycles. The number of allylic oxidation sites excluding steroid dienone is 1. The highest BCUT2D eigenvalue weighted by Gasteiger charge is 2.04. The van der Waals surface area contributed by atoms with Gasteiger partial charge in [-0.2, -0.15) is 0 Å². The molecule has 2 aromatic rings. The average Bonchev–Trinajstić information content (AvgIpc) is 2.09. The predicted molar refractivity (Wildman–Crippen MR) is 60.3 cm³/mol. The lowest BCUT2D eigenvalue weighted by molar-refractivity contribution is 0.745. The van der Waals surface area contributed by atoms with Gasteiger partial charge in [0, 0.05) is 0 Å². The summed E-state index contributed by atoms with van der Waals surface area (Å²) in [5.41, 5.74) is 5.00. The Hall–Kier alpha value is -1.44. The maximum Gasteiger partial charge on any atom is 0.0792 e. The number of fused-ring (bicyclic) bond motifs is 1. The minimum atomic E-state index is 0.562. The quantitative estimate of drug-likeness (QED) is 0.693. The summed E-state index contributed by atoms with van der Waals surface area (Å²) in [5, 5.41) is 6.07. The summed E-state index contributed by atoms with van der Waals surface area (Å²) in [6.45, 7) is 8.45. The fraction of sp³-hybridized carbons (Fsp3) is 0.333. The van der Waals surface area contributed by atoms with E-state index in [1.54, 1.807) is 0 Å². The second kappa shape index (κ2) is 3.37. The topological polar surface area (TPSA) is 31.6 Å². The zero-order valence-corrected chi connectivity index (χ0v) is 8.72. The van der Waals surface area contributed by atoms with E-state index in [1.165, 1.54) is 22.2 Å². The number of aromatic amines is 2. The summed E-state index contributed by atoms with van der Waals surface area (Å²) in [7, 11) is 0. The van der Waals surface area contributed by atoms with E-state index < -0.39 is 0 Å². The third kappa shape index (κ3) is 1.60. The van der Waals surface area contributed by atoms with Gasteiger partial charge >= 0.3 is 0 Å². The van der Waals surface area contributed by atoms with Crippen molar-refractivity contribution in [3.63, 3.8) is 0 Å². The Morgan fingerprint density at radius 3 is 2.50 bits per heavy atom.